The minimum atomic E-state index is 0. The van der Waals surface area contributed by atoms with Gasteiger partial charge in [-0.05, 0) is 42.9 Å². The summed E-state index contributed by atoms with van der Waals surface area (Å²) in [4.78, 5) is 0. The summed E-state index contributed by atoms with van der Waals surface area (Å²) in [6.07, 6.45) is 2.54. The third-order valence-corrected chi connectivity index (χ3v) is 3.12. The molecule has 2 rings (SSSR count). The van der Waals surface area contributed by atoms with Gasteiger partial charge in [-0.15, -0.1) is 12.4 Å². The van der Waals surface area contributed by atoms with E-state index in [4.69, 9.17) is 17.3 Å². The molecular formula is C11H15Cl2N. The van der Waals surface area contributed by atoms with Crippen molar-refractivity contribution in [3.8, 4) is 0 Å². The van der Waals surface area contributed by atoms with E-state index in [2.05, 4.69) is 6.07 Å². The molecule has 0 bridgehead atoms. The molecule has 1 aliphatic rings. The van der Waals surface area contributed by atoms with E-state index in [1.165, 1.54) is 18.4 Å². The zero-order valence-corrected chi connectivity index (χ0v) is 9.74. The van der Waals surface area contributed by atoms with Crippen LogP contribution in [0.2, 0.25) is 5.02 Å². The van der Waals surface area contributed by atoms with E-state index >= 15 is 0 Å². The lowest BCUT2D eigenvalue weighted by Crippen LogP contribution is -2.12. The number of aryl methyl sites for hydroxylation is 1. The van der Waals surface area contributed by atoms with Crippen LogP contribution in [0.15, 0.2) is 18.2 Å². The van der Waals surface area contributed by atoms with Crippen molar-refractivity contribution in [2.75, 3.05) is 0 Å². The van der Waals surface area contributed by atoms with Gasteiger partial charge in [0.1, 0.15) is 0 Å². The maximum atomic E-state index is 6.06. The van der Waals surface area contributed by atoms with E-state index in [-0.39, 0.29) is 18.4 Å². The molecule has 1 fully saturated rings. The van der Waals surface area contributed by atoms with Crippen molar-refractivity contribution >= 4 is 24.0 Å². The summed E-state index contributed by atoms with van der Waals surface area (Å²) in [6.45, 7) is 2.01. The Morgan fingerprint density at radius 1 is 1.43 bits per heavy atom. The average molecular weight is 232 g/mol. The fourth-order valence-corrected chi connectivity index (χ4v) is 1.73. The molecule has 1 aromatic carbocycles. The van der Waals surface area contributed by atoms with Gasteiger partial charge in [-0.25, -0.2) is 0 Å². The number of rotatable bonds is 2. The van der Waals surface area contributed by atoms with E-state index < -0.39 is 0 Å². The zero-order valence-electron chi connectivity index (χ0n) is 8.16. The summed E-state index contributed by atoms with van der Waals surface area (Å²) in [5.41, 5.74) is 8.36. The first-order valence-electron chi connectivity index (χ1n) is 4.70. The van der Waals surface area contributed by atoms with Crippen LogP contribution in [0.3, 0.4) is 0 Å². The SMILES string of the molecule is Cc1ccc([C@@H](N)C2CC2)cc1Cl.Cl. The van der Waals surface area contributed by atoms with Crippen LogP contribution in [0, 0.1) is 12.8 Å². The maximum Gasteiger partial charge on any atom is 0.0438 e. The monoisotopic (exact) mass is 231 g/mol. The van der Waals surface area contributed by atoms with Crippen LogP contribution >= 0.6 is 24.0 Å². The molecule has 0 heterocycles. The molecule has 2 N–H and O–H groups in total. The van der Waals surface area contributed by atoms with Crippen LogP contribution in [0.5, 0.6) is 0 Å². The standard InChI is InChI=1S/C11H14ClN.ClH/c1-7-2-3-9(6-10(7)12)11(13)8-4-5-8;/h2-3,6,8,11H,4-5,13H2,1H3;1H/t11-;/m0./s1. The van der Waals surface area contributed by atoms with Crippen LogP contribution in [0.4, 0.5) is 0 Å². The Kier molecular flexibility index (Phi) is 3.82. The predicted octanol–water partition coefficient (Wildman–Crippen LogP) is 3.48. The van der Waals surface area contributed by atoms with E-state index in [9.17, 15) is 0 Å². The normalized spacial score (nSPS) is 17.4. The first-order chi connectivity index (χ1) is 6.18. The Morgan fingerprint density at radius 3 is 2.57 bits per heavy atom. The molecule has 0 amide bonds. The van der Waals surface area contributed by atoms with Crippen molar-refractivity contribution in [3.63, 3.8) is 0 Å². The molecule has 3 heteroatoms. The number of hydrogen-bond donors (Lipinski definition) is 1. The Morgan fingerprint density at radius 2 is 2.07 bits per heavy atom. The van der Waals surface area contributed by atoms with Gasteiger partial charge in [-0.1, -0.05) is 23.7 Å². The molecule has 0 saturated heterocycles. The molecule has 78 valence electrons. The number of halogens is 2. The summed E-state index contributed by atoms with van der Waals surface area (Å²) in [5.74, 6) is 0.693. The van der Waals surface area contributed by atoms with Gasteiger partial charge in [-0.2, -0.15) is 0 Å². The van der Waals surface area contributed by atoms with Crippen LogP contribution in [0.25, 0.3) is 0 Å². The third kappa shape index (κ3) is 2.41. The molecule has 1 atom stereocenters. The molecule has 1 aromatic rings. The summed E-state index contributed by atoms with van der Waals surface area (Å²) >= 11 is 6.03. The second kappa shape index (κ2) is 4.52. The number of nitrogens with two attached hydrogens (primary N) is 1. The fourth-order valence-electron chi connectivity index (χ4n) is 1.54. The van der Waals surface area contributed by atoms with E-state index in [0.717, 1.165) is 10.6 Å². The topological polar surface area (TPSA) is 26.0 Å². The van der Waals surface area contributed by atoms with Crippen molar-refractivity contribution in [1.82, 2.24) is 0 Å². The van der Waals surface area contributed by atoms with Crippen LogP contribution in [-0.4, -0.2) is 0 Å². The predicted molar refractivity (Wildman–Crippen MR) is 63.1 cm³/mol. The van der Waals surface area contributed by atoms with Gasteiger partial charge >= 0.3 is 0 Å². The minimum absolute atomic E-state index is 0. The second-order valence-corrected chi connectivity index (χ2v) is 4.28. The van der Waals surface area contributed by atoms with Crippen LogP contribution < -0.4 is 5.73 Å². The Hall–Kier alpha value is -0.240. The Labute approximate surface area is 96.0 Å². The zero-order chi connectivity index (χ0) is 9.42. The van der Waals surface area contributed by atoms with Gasteiger partial charge in [0.15, 0.2) is 0 Å². The Balaban J connectivity index is 0.000000980. The van der Waals surface area contributed by atoms with Crippen molar-refractivity contribution in [2.45, 2.75) is 25.8 Å². The summed E-state index contributed by atoms with van der Waals surface area (Å²) in [6, 6.07) is 6.32. The highest BCUT2D eigenvalue weighted by molar-refractivity contribution is 6.31. The molecule has 14 heavy (non-hydrogen) atoms. The summed E-state index contributed by atoms with van der Waals surface area (Å²) in [7, 11) is 0. The fraction of sp³-hybridized carbons (Fsp3) is 0.455. The highest BCUT2D eigenvalue weighted by atomic mass is 35.5. The van der Waals surface area contributed by atoms with Crippen LogP contribution in [-0.2, 0) is 0 Å². The lowest BCUT2D eigenvalue weighted by atomic mass is 10.0. The van der Waals surface area contributed by atoms with Crippen molar-refractivity contribution in [1.29, 1.82) is 0 Å². The van der Waals surface area contributed by atoms with Crippen LogP contribution in [0.1, 0.15) is 30.0 Å². The molecule has 0 spiro atoms. The largest absolute Gasteiger partial charge is 0.324 e. The lowest BCUT2D eigenvalue weighted by Gasteiger charge is -2.11. The molecule has 0 aromatic heterocycles. The Bertz CT molecular complexity index is 321. The minimum Gasteiger partial charge on any atom is -0.324 e. The van der Waals surface area contributed by atoms with Gasteiger partial charge in [0.25, 0.3) is 0 Å². The highest BCUT2D eigenvalue weighted by Crippen LogP contribution is 2.39. The first-order valence-corrected chi connectivity index (χ1v) is 5.08. The number of hydrogen-bond acceptors (Lipinski definition) is 1. The smallest absolute Gasteiger partial charge is 0.0438 e. The second-order valence-electron chi connectivity index (χ2n) is 3.87. The third-order valence-electron chi connectivity index (χ3n) is 2.71. The van der Waals surface area contributed by atoms with Crippen molar-refractivity contribution in [2.24, 2.45) is 11.7 Å². The quantitative estimate of drug-likeness (QED) is 0.829. The summed E-state index contributed by atoms with van der Waals surface area (Å²) in [5, 5.41) is 0.827. The maximum absolute atomic E-state index is 6.06. The molecule has 0 aliphatic heterocycles. The molecule has 0 radical (unpaired) electrons. The van der Waals surface area contributed by atoms with Crippen molar-refractivity contribution in [3.05, 3.63) is 34.3 Å². The lowest BCUT2D eigenvalue weighted by molar-refractivity contribution is 0.633. The first kappa shape index (κ1) is 11.8. The van der Waals surface area contributed by atoms with Gasteiger partial charge in [-0.3, -0.25) is 0 Å². The van der Waals surface area contributed by atoms with E-state index in [0.29, 0.717) is 5.92 Å². The summed E-state index contributed by atoms with van der Waals surface area (Å²) < 4.78 is 0. The van der Waals surface area contributed by atoms with Gasteiger partial charge in [0.05, 0.1) is 0 Å². The van der Waals surface area contributed by atoms with Crippen molar-refractivity contribution < 1.29 is 0 Å². The number of benzene rings is 1. The van der Waals surface area contributed by atoms with Gasteiger partial charge < -0.3 is 5.73 Å². The van der Waals surface area contributed by atoms with Gasteiger partial charge in [0.2, 0.25) is 0 Å². The van der Waals surface area contributed by atoms with E-state index in [1.807, 2.05) is 19.1 Å². The van der Waals surface area contributed by atoms with E-state index in [1.54, 1.807) is 0 Å². The molecule has 1 nitrogen and oxygen atoms in total. The van der Waals surface area contributed by atoms with Gasteiger partial charge in [0, 0.05) is 11.1 Å². The molecule has 1 saturated carbocycles. The highest BCUT2D eigenvalue weighted by Gasteiger charge is 2.29. The molecular weight excluding hydrogens is 217 g/mol. The average Bonchev–Trinajstić information content (AvgIpc) is 2.91. The molecule has 0 unspecified atom stereocenters. The molecule has 1 aliphatic carbocycles.